The Hall–Kier alpha value is -2.62. The molecule has 2 aromatic carbocycles. The van der Waals surface area contributed by atoms with Crippen LogP contribution in [0.25, 0.3) is 0 Å². The number of rotatable bonds is 4. The SMILES string of the molecule is O=C(CC12CC3CC(C1)CC(CC(=O)N1CCc4ccccc4C1)(C3)C2)N1CCc2ccccc2C1. The number of fused-ring (bicyclic) bond motifs is 2. The van der Waals surface area contributed by atoms with Gasteiger partial charge in [-0.05, 0) is 96.3 Å². The minimum absolute atomic E-state index is 0.118. The van der Waals surface area contributed by atoms with Crippen LogP contribution < -0.4 is 0 Å². The summed E-state index contributed by atoms with van der Waals surface area (Å²) in [4.78, 5) is 31.5. The highest BCUT2D eigenvalue weighted by atomic mass is 16.2. The molecule has 4 fully saturated rings. The van der Waals surface area contributed by atoms with Crippen molar-refractivity contribution >= 4 is 11.8 Å². The minimum atomic E-state index is 0.118. The van der Waals surface area contributed by atoms with Gasteiger partial charge in [0.1, 0.15) is 0 Å². The molecule has 0 spiro atoms. The Labute approximate surface area is 215 Å². The lowest BCUT2D eigenvalue weighted by molar-refractivity contribution is -0.155. The van der Waals surface area contributed by atoms with Crippen molar-refractivity contribution in [2.24, 2.45) is 22.7 Å². The third-order valence-corrected chi connectivity index (χ3v) is 10.3. The van der Waals surface area contributed by atoms with Crippen LogP contribution in [0.1, 0.15) is 73.6 Å². The van der Waals surface area contributed by atoms with Gasteiger partial charge >= 0.3 is 0 Å². The van der Waals surface area contributed by atoms with Crippen molar-refractivity contribution in [3.8, 4) is 0 Å². The van der Waals surface area contributed by atoms with Crippen LogP contribution in [0, 0.1) is 22.7 Å². The average Bonchev–Trinajstić information content (AvgIpc) is 2.86. The fourth-order valence-electron chi connectivity index (χ4n) is 9.35. The Balaban J connectivity index is 1.06. The van der Waals surface area contributed by atoms with E-state index in [-0.39, 0.29) is 10.8 Å². The normalized spacial score (nSPS) is 32.2. The van der Waals surface area contributed by atoms with Gasteiger partial charge in [0.25, 0.3) is 0 Å². The molecule has 0 atom stereocenters. The molecule has 188 valence electrons. The lowest BCUT2D eigenvalue weighted by atomic mass is 9.43. The van der Waals surface area contributed by atoms with Crippen molar-refractivity contribution in [1.82, 2.24) is 9.80 Å². The van der Waals surface area contributed by atoms with E-state index in [2.05, 4.69) is 58.3 Å². The van der Waals surface area contributed by atoms with E-state index >= 15 is 0 Å². The Morgan fingerprint density at radius 1 is 0.667 bits per heavy atom. The summed E-state index contributed by atoms with van der Waals surface area (Å²) < 4.78 is 0. The number of benzene rings is 2. The Morgan fingerprint density at radius 2 is 1.08 bits per heavy atom. The van der Waals surface area contributed by atoms with Crippen molar-refractivity contribution in [2.75, 3.05) is 13.1 Å². The molecule has 8 rings (SSSR count). The molecule has 6 aliphatic rings. The van der Waals surface area contributed by atoms with Crippen LogP contribution >= 0.6 is 0 Å². The summed E-state index contributed by atoms with van der Waals surface area (Å²) in [6.45, 7) is 3.22. The van der Waals surface area contributed by atoms with E-state index in [0.717, 1.165) is 45.4 Å². The molecule has 4 bridgehead atoms. The summed E-state index contributed by atoms with van der Waals surface area (Å²) in [5, 5.41) is 0. The molecule has 0 radical (unpaired) electrons. The van der Waals surface area contributed by atoms with E-state index in [1.807, 2.05) is 0 Å². The fraction of sp³-hybridized carbons (Fsp3) is 0.562. The summed E-state index contributed by atoms with van der Waals surface area (Å²) in [5.41, 5.74) is 5.66. The predicted octanol–water partition coefficient (Wildman–Crippen LogP) is 5.52. The average molecular weight is 483 g/mol. The first kappa shape index (κ1) is 22.6. The highest BCUT2D eigenvalue weighted by Crippen LogP contribution is 2.67. The van der Waals surface area contributed by atoms with Crippen molar-refractivity contribution in [3.63, 3.8) is 0 Å². The van der Waals surface area contributed by atoms with Gasteiger partial charge in [-0.3, -0.25) is 9.59 Å². The highest BCUT2D eigenvalue weighted by molar-refractivity contribution is 5.78. The maximum absolute atomic E-state index is 13.6. The van der Waals surface area contributed by atoms with Crippen molar-refractivity contribution < 1.29 is 9.59 Å². The number of nitrogens with zero attached hydrogens (tertiary/aromatic N) is 2. The van der Waals surface area contributed by atoms with Crippen molar-refractivity contribution in [3.05, 3.63) is 70.8 Å². The van der Waals surface area contributed by atoms with Gasteiger partial charge in [0.2, 0.25) is 11.8 Å². The first-order valence-corrected chi connectivity index (χ1v) is 14.2. The zero-order chi connectivity index (χ0) is 24.3. The standard InChI is InChI=1S/C32H38N2O2/c35-29(33-11-9-25-5-1-3-7-27(25)20-33)18-31-14-23-13-24(15-31)17-32(16-23,22-31)19-30(36)34-12-10-26-6-2-4-8-28(26)21-34/h1-8,23-24H,9-22H2. The van der Waals surface area contributed by atoms with E-state index in [0.29, 0.717) is 36.5 Å². The molecule has 4 heteroatoms. The number of hydrogen-bond acceptors (Lipinski definition) is 2. The Bertz CT molecular complexity index is 1100. The summed E-state index contributed by atoms with van der Waals surface area (Å²) in [6.07, 6.45) is 10.5. The molecular formula is C32H38N2O2. The maximum Gasteiger partial charge on any atom is 0.223 e. The number of carbonyl (C=O) groups excluding carboxylic acids is 2. The van der Waals surface area contributed by atoms with E-state index in [1.165, 1.54) is 54.4 Å². The van der Waals surface area contributed by atoms with Crippen molar-refractivity contribution in [2.45, 2.75) is 77.3 Å². The smallest absolute Gasteiger partial charge is 0.223 e. The summed E-state index contributed by atoms with van der Waals surface area (Å²) >= 11 is 0. The molecule has 2 aliphatic heterocycles. The quantitative estimate of drug-likeness (QED) is 0.576. The fourth-order valence-corrected chi connectivity index (χ4v) is 9.35. The second kappa shape index (κ2) is 8.46. The van der Waals surface area contributed by atoms with Gasteiger partial charge < -0.3 is 9.80 Å². The minimum Gasteiger partial charge on any atom is -0.338 e. The van der Waals surface area contributed by atoms with Gasteiger partial charge in [-0.1, -0.05) is 48.5 Å². The lowest BCUT2D eigenvalue weighted by Gasteiger charge is -2.62. The summed E-state index contributed by atoms with van der Waals surface area (Å²) in [7, 11) is 0. The van der Waals surface area contributed by atoms with Crippen LogP contribution in [-0.2, 0) is 35.5 Å². The molecule has 36 heavy (non-hydrogen) atoms. The largest absolute Gasteiger partial charge is 0.338 e. The Morgan fingerprint density at radius 3 is 1.53 bits per heavy atom. The molecule has 2 amide bonds. The van der Waals surface area contributed by atoms with Gasteiger partial charge in [-0.15, -0.1) is 0 Å². The number of carbonyl (C=O) groups is 2. The zero-order valence-electron chi connectivity index (χ0n) is 21.4. The third kappa shape index (κ3) is 3.97. The monoisotopic (exact) mass is 482 g/mol. The van der Waals surface area contributed by atoms with Gasteiger partial charge in [0.05, 0.1) is 0 Å². The van der Waals surface area contributed by atoms with Gasteiger partial charge in [-0.2, -0.15) is 0 Å². The Kier molecular flexibility index (Phi) is 5.31. The summed E-state index contributed by atoms with van der Waals surface area (Å²) in [6, 6.07) is 17.2. The molecule has 0 unspecified atom stereocenters. The maximum atomic E-state index is 13.6. The van der Waals surface area contributed by atoms with Crippen LogP contribution in [0.2, 0.25) is 0 Å². The molecule has 0 saturated heterocycles. The lowest BCUT2D eigenvalue weighted by Crippen LogP contribution is -2.55. The topological polar surface area (TPSA) is 40.6 Å². The van der Waals surface area contributed by atoms with Crippen LogP contribution in [0.5, 0.6) is 0 Å². The van der Waals surface area contributed by atoms with Crippen LogP contribution in [0.15, 0.2) is 48.5 Å². The van der Waals surface area contributed by atoms with Gasteiger partial charge in [-0.25, -0.2) is 0 Å². The number of amides is 2. The van der Waals surface area contributed by atoms with Crippen LogP contribution in [0.3, 0.4) is 0 Å². The van der Waals surface area contributed by atoms with E-state index in [9.17, 15) is 9.59 Å². The predicted molar refractivity (Wildman–Crippen MR) is 140 cm³/mol. The van der Waals surface area contributed by atoms with Crippen LogP contribution in [0.4, 0.5) is 0 Å². The van der Waals surface area contributed by atoms with Crippen molar-refractivity contribution in [1.29, 1.82) is 0 Å². The van der Waals surface area contributed by atoms with Gasteiger partial charge in [0, 0.05) is 39.0 Å². The highest BCUT2D eigenvalue weighted by Gasteiger charge is 2.58. The third-order valence-electron chi connectivity index (χ3n) is 10.3. The molecule has 4 nitrogen and oxygen atoms in total. The molecule has 4 aliphatic carbocycles. The van der Waals surface area contributed by atoms with E-state index in [4.69, 9.17) is 0 Å². The molecular weight excluding hydrogens is 444 g/mol. The molecule has 0 aromatic heterocycles. The number of hydrogen-bond donors (Lipinski definition) is 0. The second-order valence-corrected chi connectivity index (χ2v) is 13.0. The molecule has 0 N–H and O–H groups in total. The van der Waals surface area contributed by atoms with E-state index in [1.54, 1.807) is 0 Å². The molecule has 2 heterocycles. The second-order valence-electron chi connectivity index (χ2n) is 13.0. The van der Waals surface area contributed by atoms with E-state index < -0.39 is 0 Å². The summed E-state index contributed by atoms with van der Waals surface area (Å²) in [5.74, 6) is 2.10. The molecule has 2 aromatic rings. The van der Waals surface area contributed by atoms with Crippen LogP contribution in [-0.4, -0.2) is 34.7 Å². The first-order chi connectivity index (χ1) is 17.5. The van der Waals surface area contributed by atoms with Gasteiger partial charge in [0.15, 0.2) is 0 Å². The molecule has 4 saturated carbocycles. The zero-order valence-corrected chi connectivity index (χ0v) is 21.4. The first-order valence-electron chi connectivity index (χ1n) is 14.2.